The lowest BCUT2D eigenvalue weighted by Crippen LogP contribution is -2.51. The number of para-hydroxylation sites is 1. The molecule has 0 amide bonds. The monoisotopic (exact) mass is 399 g/mol. The Morgan fingerprint density at radius 3 is 2.21 bits per heavy atom. The molecule has 2 aliphatic rings. The van der Waals surface area contributed by atoms with E-state index in [1.54, 1.807) is 16.4 Å². The van der Waals surface area contributed by atoms with Crippen LogP contribution in [-0.4, -0.2) is 31.4 Å². The summed E-state index contributed by atoms with van der Waals surface area (Å²) in [4.78, 5) is 0.381. The summed E-state index contributed by atoms with van der Waals surface area (Å²) in [6, 6.07) is 15.5. The highest BCUT2D eigenvalue weighted by molar-refractivity contribution is 7.89. The van der Waals surface area contributed by atoms with Crippen molar-refractivity contribution in [3.63, 3.8) is 0 Å². The fraction of sp³-hybridized carbons (Fsp3) is 0.478. The Morgan fingerprint density at radius 1 is 0.929 bits per heavy atom. The number of benzene rings is 2. The van der Waals surface area contributed by atoms with Crippen molar-refractivity contribution in [1.29, 1.82) is 0 Å². The van der Waals surface area contributed by atoms with E-state index >= 15 is 0 Å². The van der Waals surface area contributed by atoms with Crippen LogP contribution in [0.25, 0.3) is 0 Å². The van der Waals surface area contributed by atoms with Crippen LogP contribution in [0.3, 0.4) is 0 Å². The maximum absolute atomic E-state index is 13.1. The minimum Gasteiger partial charge on any atom is -0.487 e. The van der Waals surface area contributed by atoms with Gasteiger partial charge in [-0.25, -0.2) is 8.42 Å². The van der Waals surface area contributed by atoms with Crippen molar-refractivity contribution in [2.45, 2.75) is 62.4 Å². The Hall–Kier alpha value is -1.85. The highest BCUT2D eigenvalue weighted by atomic mass is 32.2. The van der Waals surface area contributed by atoms with Gasteiger partial charge in [-0.3, -0.25) is 0 Å². The summed E-state index contributed by atoms with van der Waals surface area (Å²) in [5, 5.41) is 0. The minimum atomic E-state index is -3.46. The molecule has 28 heavy (non-hydrogen) atoms. The van der Waals surface area contributed by atoms with E-state index in [-0.39, 0.29) is 11.0 Å². The third-order valence-electron chi connectivity index (χ3n) is 6.14. The maximum atomic E-state index is 13.1. The third kappa shape index (κ3) is 3.58. The summed E-state index contributed by atoms with van der Waals surface area (Å²) in [7, 11) is -3.46. The van der Waals surface area contributed by atoms with Gasteiger partial charge in [0.25, 0.3) is 0 Å². The van der Waals surface area contributed by atoms with E-state index in [9.17, 15) is 8.42 Å². The van der Waals surface area contributed by atoms with Crippen LogP contribution in [0.1, 0.15) is 51.2 Å². The molecule has 150 valence electrons. The number of piperidine rings is 1. The lowest BCUT2D eigenvalue weighted by molar-refractivity contribution is 0.00181. The van der Waals surface area contributed by atoms with Gasteiger partial charge in [0.05, 0.1) is 4.90 Å². The van der Waals surface area contributed by atoms with Crippen molar-refractivity contribution in [2.24, 2.45) is 0 Å². The number of nitrogens with zero attached hydrogens (tertiary/aromatic N) is 1. The second-order valence-corrected chi connectivity index (χ2v) is 11.0. The predicted octanol–water partition coefficient (Wildman–Crippen LogP) is 4.53. The van der Waals surface area contributed by atoms with Gasteiger partial charge >= 0.3 is 0 Å². The minimum absolute atomic E-state index is 0.00834. The molecule has 4 nitrogen and oxygen atoms in total. The molecule has 0 aromatic heterocycles. The van der Waals surface area contributed by atoms with E-state index in [1.165, 1.54) is 5.56 Å². The average molecular weight is 400 g/mol. The molecule has 5 heteroatoms. The first-order valence-electron chi connectivity index (χ1n) is 10.1. The first-order chi connectivity index (χ1) is 13.2. The molecule has 1 fully saturated rings. The summed E-state index contributed by atoms with van der Waals surface area (Å²) in [6.45, 7) is 7.39. The van der Waals surface area contributed by atoms with Gasteiger partial charge < -0.3 is 4.74 Å². The van der Waals surface area contributed by atoms with Gasteiger partial charge in [-0.05, 0) is 47.6 Å². The first kappa shape index (κ1) is 19.5. The van der Waals surface area contributed by atoms with Crippen molar-refractivity contribution in [3.8, 4) is 5.75 Å². The number of aryl methyl sites for hydroxylation is 1. The largest absolute Gasteiger partial charge is 0.487 e. The number of fused-ring (bicyclic) bond motifs is 1. The molecule has 4 rings (SSSR count). The summed E-state index contributed by atoms with van der Waals surface area (Å²) in [6.07, 6.45) is 3.43. The Labute approximate surface area is 168 Å². The van der Waals surface area contributed by atoms with Gasteiger partial charge in [0, 0.05) is 25.9 Å². The van der Waals surface area contributed by atoms with E-state index in [0.29, 0.717) is 18.0 Å². The molecule has 0 bridgehead atoms. The Morgan fingerprint density at radius 2 is 1.57 bits per heavy atom. The zero-order valence-corrected chi connectivity index (χ0v) is 17.8. The number of ether oxygens (including phenoxy) is 1. The van der Waals surface area contributed by atoms with Gasteiger partial charge in [0.15, 0.2) is 0 Å². The zero-order valence-electron chi connectivity index (χ0n) is 16.9. The van der Waals surface area contributed by atoms with E-state index in [2.05, 4.69) is 26.8 Å². The highest BCUT2D eigenvalue weighted by Gasteiger charge is 2.42. The zero-order chi connectivity index (χ0) is 20.0. The molecule has 0 saturated carbocycles. The molecule has 0 aliphatic carbocycles. The van der Waals surface area contributed by atoms with Crippen molar-refractivity contribution >= 4 is 10.0 Å². The van der Waals surface area contributed by atoms with Crippen molar-refractivity contribution in [2.75, 3.05) is 13.1 Å². The van der Waals surface area contributed by atoms with Gasteiger partial charge in [-0.2, -0.15) is 4.31 Å². The van der Waals surface area contributed by atoms with Crippen LogP contribution in [0, 0.1) is 0 Å². The fourth-order valence-corrected chi connectivity index (χ4v) is 5.66. The van der Waals surface area contributed by atoms with Crippen LogP contribution < -0.4 is 4.74 Å². The number of hydrogen-bond donors (Lipinski definition) is 0. The maximum Gasteiger partial charge on any atom is 0.243 e. The molecular formula is C23H29NO3S. The second-order valence-electron chi connectivity index (χ2n) is 9.07. The predicted molar refractivity (Wildman–Crippen MR) is 111 cm³/mol. The molecule has 0 unspecified atom stereocenters. The summed E-state index contributed by atoms with van der Waals surface area (Å²) in [5.41, 5.74) is 2.17. The Balaban J connectivity index is 1.47. The third-order valence-corrected chi connectivity index (χ3v) is 8.05. The molecule has 2 aliphatic heterocycles. The molecule has 2 aromatic rings. The molecule has 1 spiro atoms. The van der Waals surface area contributed by atoms with Crippen LogP contribution in [0.15, 0.2) is 53.4 Å². The van der Waals surface area contributed by atoms with Crippen molar-refractivity contribution in [3.05, 3.63) is 59.7 Å². The van der Waals surface area contributed by atoms with Crippen molar-refractivity contribution in [1.82, 2.24) is 4.31 Å². The summed E-state index contributed by atoms with van der Waals surface area (Å²) < 4.78 is 34.2. The molecule has 0 radical (unpaired) electrons. The molecule has 1 saturated heterocycles. The van der Waals surface area contributed by atoms with E-state index in [4.69, 9.17) is 4.74 Å². The SMILES string of the molecule is CC(C)(C)c1ccc(S(=O)(=O)N2CCC3(CCc4ccccc4O3)CC2)cc1. The highest BCUT2D eigenvalue weighted by Crippen LogP contribution is 2.40. The van der Waals surface area contributed by atoms with Crippen molar-refractivity contribution < 1.29 is 13.2 Å². The molecule has 2 heterocycles. The normalized spacial score (nSPS) is 19.8. The van der Waals surface area contributed by atoms with Gasteiger partial charge in [-0.15, -0.1) is 0 Å². The average Bonchev–Trinajstić information content (AvgIpc) is 2.68. The smallest absolute Gasteiger partial charge is 0.243 e. The van der Waals surface area contributed by atoms with E-state index in [1.807, 2.05) is 30.3 Å². The quantitative estimate of drug-likeness (QED) is 0.745. The number of sulfonamides is 1. The van der Waals surface area contributed by atoms with Crippen LogP contribution >= 0.6 is 0 Å². The lowest BCUT2D eigenvalue weighted by Gasteiger charge is -2.44. The number of rotatable bonds is 2. The second kappa shape index (κ2) is 6.89. The van der Waals surface area contributed by atoms with Crippen LogP contribution in [0.5, 0.6) is 5.75 Å². The number of hydrogen-bond acceptors (Lipinski definition) is 3. The van der Waals surface area contributed by atoms with Gasteiger partial charge in [-0.1, -0.05) is 51.1 Å². The van der Waals surface area contributed by atoms with Gasteiger partial charge in [0.2, 0.25) is 10.0 Å². The standard InChI is InChI=1S/C23H29NO3S/c1-22(2,3)19-8-10-20(11-9-19)28(25,26)24-16-14-23(15-17-24)13-12-18-6-4-5-7-21(18)27-23/h4-11H,12-17H2,1-3H3. The Bertz CT molecular complexity index is 950. The topological polar surface area (TPSA) is 46.6 Å². The molecule has 0 N–H and O–H groups in total. The first-order valence-corrected chi connectivity index (χ1v) is 11.5. The van der Waals surface area contributed by atoms with E-state index < -0.39 is 10.0 Å². The Kier molecular flexibility index (Phi) is 4.79. The summed E-state index contributed by atoms with van der Waals surface area (Å²) in [5.74, 6) is 0.961. The lowest BCUT2D eigenvalue weighted by atomic mass is 9.84. The van der Waals surface area contributed by atoms with Crippen LogP contribution in [0.2, 0.25) is 0 Å². The van der Waals surface area contributed by atoms with Crippen LogP contribution in [-0.2, 0) is 21.9 Å². The van der Waals surface area contributed by atoms with Crippen LogP contribution in [0.4, 0.5) is 0 Å². The van der Waals surface area contributed by atoms with E-state index in [0.717, 1.165) is 37.0 Å². The molecule has 0 atom stereocenters. The summed E-state index contributed by atoms with van der Waals surface area (Å²) >= 11 is 0. The molecule has 2 aromatic carbocycles. The van der Waals surface area contributed by atoms with Gasteiger partial charge in [0.1, 0.15) is 11.4 Å². The fourth-order valence-electron chi connectivity index (χ4n) is 4.22. The molecular weight excluding hydrogens is 370 g/mol.